The Morgan fingerprint density at radius 3 is 3.00 bits per heavy atom. The van der Waals surface area contributed by atoms with Gasteiger partial charge in [0.25, 0.3) is 0 Å². The molecular formula is C10H10BrN5. The Labute approximate surface area is 101 Å². The Morgan fingerprint density at radius 2 is 2.38 bits per heavy atom. The van der Waals surface area contributed by atoms with Crippen LogP contribution in [0.3, 0.4) is 0 Å². The van der Waals surface area contributed by atoms with E-state index < -0.39 is 0 Å². The van der Waals surface area contributed by atoms with Crippen LogP contribution in [0.15, 0.2) is 40.2 Å². The Kier molecular flexibility index (Phi) is 3.31. The van der Waals surface area contributed by atoms with Crippen LogP contribution in [0.25, 0.3) is 0 Å². The predicted molar refractivity (Wildman–Crippen MR) is 66.4 cm³/mol. The molecule has 2 rings (SSSR count). The van der Waals surface area contributed by atoms with Gasteiger partial charge in [-0.1, -0.05) is 6.07 Å². The van der Waals surface area contributed by atoms with Gasteiger partial charge in [-0.3, -0.25) is 10.1 Å². The van der Waals surface area contributed by atoms with Crippen molar-refractivity contribution in [3.05, 3.63) is 40.8 Å². The van der Waals surface area contributed by atoms with Crippen molar-refractivity contribution in [3.63, 3.8) is 0 Å². The first kappa shape index (κ1) is 10.8. The van der Waals surface area contributed by atoms with Crippen molar-refractivity contribution in [3.8, 4) is 0 Å². The highest BCUT2D eigenvalue weighted by Crippen LogP contribution is 2.11. The van der Waals surface area contributed by atoms with Gasteiger partial charge < -0.3 is 0 Å². The largest absolute Gasteiger partial charge is 0.274 e. The molecule has 6 heteroatoms. The molecule has 0 saturated carbocycles. The number of halogens is 1. The second kappa shape index (κ2) is 4.89. The molecule has 2 heterocycles. The standard InChI is InChI=1S/C10H10BrN5/c1-16-7-8(11)9(15-16)6-13-14-10-4-2-3-5-12-10/h2-7H,1H3,(H,12,14)/b13-6-. The molecule has 0 bridgehead atoms. The van der Waals surface area contributed by atoms with Crippen LogP contribution < -0.4 is 5.43 Å². The highest BCUT2D eigenvalue weighted by molar-refractivity contribution is 9.10. The number of nitrogens with one attached hydrogen (secondary N) is 1. The third kappa shape index (κ3) is 2.66. The van der Waals surface area contributed by atoms with Crippen molar-refractivity contribution < 1.29 is 0 Å². The van der Waals surface area contributed by atoms with Crippen LogP contribution >= 0.6 is 15.9 Å². The van der Waals surface area contributed by atoms with Crippen molar-refractivity contribution in [1.29, 1.82) is 0 Å². The van der Waals surface area contributed by atoms with E-state index in [0.29, 0.717) is 5.82 Å². The average molecular weight is 280 g/mol. The number of aromatic nitrogens is 3. The quantitative estimate of drug-likeness (QED) is 0.691. The number of anilines is 1. The first-order valence-electron chi connectivity index (χ1n) is 4.65. The maximum absolute atomic E-state index is 4.20. The Balaban J connectivity index is 2.03. The molecule has 0 aliphatic carbocycles. The number of hydrogen-bond donors (Lipinski definition) is 1. The van der Waals surface area contributed by atoms with E-state index in [1.165, 1.54) is 0 Å². The van der Waals surface area contributed by atoms with E-state index in [9.17, 15) is 0 Å². The molecule has 1 N–H and O–H groups in total. The van der Waals surface area contributed by atoms with E-state index in [4.69, 9.17) is 0 Å². The first-order valence-corrected chi connectivity index (χ1v) is 5.44. The molecule has 0 aliphatic rings. The third-order valence-electron chi connectivity index (χ3n) is 1.84. The molecule has 0 aromatic carbocycles. The maximum atomic E-state index is 4.20. The Hall–Kier alpha value is -1.69. The summed E-state index contributed by atoms with van der Waals surface area (Å²) in [7, 11) is 1.86. The summed E-state index contributed by atoms with van der Waals surface area (Å²) in [6, 6.07) is 5.58. The van der Waals surface area contributed by atoms with Gasteiger partial charge in [0.2, 0.25) is 0 Å². The number of nitrogens with zero attached hydrogens (tertiary/aromatic N) is 4. The van der Waals surface area contributed by atoms with Crippen molar-refractivity contribution in [2.24, 2.45) is 12.1 Å². The second-order valence-corrected chi connectivity index (χ2v) is 3.98. The maximum Gasteiger partial charge on any atom is 0.146 e. The number of hydrazone groups is 1. The lowest BCUT2D eigenvalue weighted by Gasteiger charge is -1.95. The summed E-state index contributed by atoms with van der Waals surface area (Å²) in [5.74, 6) is 0.700. The van der Waals surface area contributed by atoms with Gasteiger partial charge in [-0.25, -0.2) is 4.98 Å². The lowest BCUT2D eigenvalue weighted by Crippen LogP contribution is -1.94. The van der Waals surface area contributed by atoms with Gasteiger partial charge in [-0.05, 0) is 28.1 Å². The Morgan fingerprint density at radius 1 is 1.50 bits per heavy atom. The van der Waals surface area contributed by atoms with Crippen molar-refractivity contribution in [2.45, 2.75) is 0 Å². The molecule has 2 aromatic rings. The average Bonchev–Trinajstić information content (AvgIpc) is 2.59. The first-order chi connectivity index (χ1) is 7.75. The molecule has 5 nitrogen and oxygen atoms in total. The molecule has 0 atom stereocenters. The lowest BCUT2D eigenvalue weighted by molar-refractivity contribution is 0.765. The molecule has 16 heavy (non-hydrogen) atoms. The van der Waals surface area contributed by atoms with Crippen molar-refractivity contribution in [1.82, 2.24) is 14.8 Å². The summed E-state index contributed by atoms with van der Waals surface area (Å²) in [6.07, 6.45) is 5.20. The van der Waals surface area contributed by atoms with Crippen LogP contribution in [0, 0.1) is 0 Å². The second-order valence-electron chi connectivity index (χ2n) is 3.12. The number of aryl methyl sites for hydroxylation is 1. The zero-order valence-corrected chi connectivity index (χ0v) is 10.2. The van der Waals surface area contributed by atoms with E-state index in [1.54, 1.807) is 17.1 Å². The topological polar surface area (TPSA) is 55.1 Å². The van der Waals surface area contributed by atoms with Crippen molar-refractivity contribution >= 4 is 28.0 Å². The summed E-state index contributed by atoms with van der Waals surface area (Å²) < 4.78 is 2.62. The van der Waals surface area contributed by atoms with Gasteiger partial charge in [-0.2, -0.15) is 10.2 Å². The SMILES string of the molecule is Cn1cc(Br)c(/C=N\Nc2ccccn2)n1. The van der Waals surface area contributed by atoms with Gasteiger partial charge >= 0.3 is 0 Å². The van der Waals surface area contributed by atoms with Crippen molar-refractivity contribution in [2.75, 3.05) is 5.43 Å². The minimum Gasteiger partial charge on any atom is -0.274 e. The van der Waals surface area contributed by atoms with E-state index >= 15 is 0 Å². The molecule has 0 radical (unpaired) electrons. The summed E-state index contributed by atoms with van der Waals surface area (Å²) in [5.41, 5.74) is 3.59. The minimum atomic E-state index is 0.700. The van der Waals surface area contributed by atoms with Crippen LogP contribution in [0.2, 0.25) is 0 Å². The fraction of sp³-hybridized carbons (Fsp3) is 0.100. The summed E-state index contributed by atoms with van der Waals surface area (Å²) in [5, 5.41) is 8.24. The molecule has 0 saturated heterocycles. The van der Waals surface area contributed by atoms with Crippen LogP contribution in [-0.2, 0) is 7.05 Å². The highest BCUT2D eigenvalue weighted by atomic mass is 79.9. The fourth-order valence-corrected chi connectivity index (χ4v) is 1.63. The zero-order chi connectivity index (χ0) is 11.4. The normalized spacial score (nSPS) is 10.9. The number of pyridine rings is 1. The van der Waals surface area contributed by atoms with Crippen LogP contribution in [-0.4, -0.2) is 21.0 Å². The van der Waals surface area contributed by atoms with Gasteiger partial charge in [-0.15, -0.1) is 0 Å². The van der Waals surface area contributed by atoms with Crippen LogP contribution in [0.1, 0.15) is 5.69 Å². The molecule has 0 aliphatic heterocycles. The van der Waals surface area contributed by atoms with E-state index in [-0.39, 0.29) is 0 Å². The molecule has 0 unspecified atom stereocenters. The summed E-state index contributed by atoms with van der Waals surface area (Å²) in [4.78, 5) is 4.08. The lowest BCUT2D eigenvalue weighted by atomic mass is 10.5. The Bertz CT molecular complexity index is 491. The number of rotatable bonds is 3. The van der Waals surface area contributed by atoms with Crippen LogP contribution in [0.5, 0.6) is 0 Å². The molecular weight excluding hydrogens is 270 g/mol. The third-order valence-corrected chi connectivity index (χ3v) is 2.45. The van der Waals surface area contributed by atoms with Gasteiger partial charge in [0.05, 0.1) is 10.7 Å². The smallest absolute Gasteiger partial charge is 0.146 e. The summed E-state index contributed by atoms with van der Waals surface area (Å²) in [6.45, 7) is 0. The highest BCUT2D eigenvalue weighted by Gasteiger charge is 2.00. The minimum absolute atomic E-state index is 0.700. The fourth-order valence-electron chi connectivity index (χ4n) is 1.15. The molecule has 0 spiro atoms. The van der Waals surface area contributed by atoms with E-state index in [2.05, 4.69) is 36.5 Å². The monoisotopic (exact) mass is 279 g/mol. The summed E-state index contributed by atoms with van der Waals surface area (Å²) >= 11 is 3.39. The molecule has 0 fully saturated rings. The molecule has 2 aromatic heterocycles. The molecule has 82 valence electrons. The van der Waals surface area contributed by atoms with Crippen LogP contribution in [0.4, 0.5) is 5.82 Å². The van der Waals surface area contributed by atoms with E-state index in [0.717, 1.165) is 10.2 Å². The van der Waals surface area contributed by atoms with Gasteiger partial charge in [0.1, 0.15) is 11.5 Å². The molecule has 0 amide bonds. The van der Waals surface area contributed by atoms with Gasteiger partial charge in [0, 0.05) is 19.4 Å². The van der Waals surface area contributed by atoms with E-state index in [1.807, 2.05) is 31.4 Å². The zero-order valence-electron chi connectivity index (χ0n) is 8.63. The van der Waals surface area contributed by atoms with Gasteiger partial charge in [0.15, 0.2) is 0 Å². The predicted octanol–water partition coefficient (Wildman–Crippen LogP) is 2.02. The number of hydrogen-bond acceptors (Lipinski definition) is 4.